The molecule has 108 heavy (non-hydrogen) atoms. The van der Waals surface area contributed by atoms with E-state index in [1.165, 1.54) is 194 Å². The van der Waals surface area contributed by atoms with Gasteiger partial charge in [-0.05, 0) is 327 Å². The molecule has 8 bridgehead atoms. The Bertz CT molecular complexity index is 6260. The zero-order chi connectivity index (χ0) is 70.5. The van der Waals surface area contributed by atoms with Crippen molar-refractivity contribution in [1.82, 2.24) is 0 Å². The molecule has 0 aliphatic heterocycles. The normalized spacial score (nSPS) is 23.4. The molecule has 10 aliphatic rings. The van der Waals surface area contributed by atoms with Gasteiger partial charge in [-0.1, -0.05) is 200 Å². The molecule has 2 heterocycles. The third-order valence-electron chi connectivity index (χ3n) is 28.2. The lowest BCUT2D eigenvalue weighted by atomic mass is 9.43. The summed E-state index contributed by atoms with van der Waals surface area (Å²) in [6.07, 6.45) is 13.8. The Morgan fingerprint density at radius 3 is 1.05 bits per heavy atom. The van der Waals surface area contributed by atoms with Gasteiger partial charge in [0.05, 0.1) is 0 Å². The van der Waals surface area contributed by atoms with E-state index in [1.807, 2.05) is 22.7 Å². The maximum Gasteiger partial charge on any atom is 0.0468 e. The first-order valence-corrected chi connectivity index (χ1v) is 41.6. The number of anilines is 6. The molecule has 4 heteroatoms. The molecular weight excluding hydrogens is 1340 g/mol. The van der Waals surface area contributed by atoms with Crippen LogP contribution in [-0.4, -0.2) is 0 Å². The van der Waals surface area contributed by atoms with Crippen LogP contribution >= 0.6 is 22.7 Å². The van der Waals surface area contributed by atoms with Crippen LogP contribution in [-0.2, 0) is 10.8 Å². The van der Waals surface area contributed by atoms with E-state index in [9.17, 15) is 0 Å². The predicted octanol–water partition coefficient (Wildman–Crippen LogP) is 29.1. The van der Waals surface area contributed by atoms with Crippen LogP contribution < -0.4 is 9.80 Å². The minimum Gasteiger partial charge on any atom is -0.310 e. The monoisotopic (exact) mass is 1420 g/mol. The first-order chi connectivity index (χ1) is 53.4. The highest BCUT2D eigenvalue weighted by molar-refractivity contribution is 7.26. The second-order valence-electron chi connectivity index (χ2n) is 33.5. The molecule has 2 spiro atoms. The van der Waals surface area contributed by atoms with E-state index < -0.39 is 0 Å². The van der Waals surface area contributed by atoms with Crippen LogP contribution in [0.4, 0.5) is 34.1 Å². The van der Waals surface area contributed by atoms with Gasteiger partial charge in [0.15, 0.2) is 0 Å². The van der Waals surface area contributed by atoms with Crippen molar-refractivity contribution in [3.05, 3.63) is 338 Å². The van der Waals surface area contributed by atoms with Crippen molar-refractivity contribution in [2.75, 3.05) is 9.80 Å². The van der Waals surface area contributed by atoms with Gasteiger partial charge in [0.1, 0.15) is 0 Å². The van der Waals surface area contributed by atoms with E-state index in [-0.39, 0.29) is 10.8 Å². The summed E-state index contributed by atoms with van der Waals surface area (Å²) in [5.41, 5.74) is 31.8. The van der Waals surface area contributed by atoms with Crippen LogP contribution in [0.3, 0.4) is 0 Å². The molecule has 16 aromatic rings. The Morgan fingerprint density at radius 1 is 0.204 bits per heavy atom. The van der Waals surface area contributed by atoms with Crippen molar-refractivity contribution in [2.24, 2.45) is 47.3 Å². The number of benzene rings is 14. The lowest BCUT2D eigenvalue weighted by molar-refractivity contribution is -0.0399. The summed E-state index contributed by atoms with van der Waals surface area (Å²) >= 11 is 3.81. The highest BCUT2D eigenvalue weighted by Crippen LogP contribution is 2.72. The van der Waals surface area contributed by atoms with Crippen molar-refractivity contribution in [3.63, 3.8) is 0 Å². The maximum atomic E-state index is 2.69. The fourth-order valence-corrected chi connectivity index (χ4v) is 26.4. The Morgan fingerprint density at radius 2 is 0.537 bits per heavy atom. The smallest absolute Gasteiger partial charge is 0.0468 e. The minimum absolute atomic E-state index is 0.00235. The number of hydrogen-bond acceptors (Lipinski definition) is 4. The average Bonchev–Trinajstić information content (AvgIpc) is 1.49. The molecule has 2 aromatic heterocycles. The lowest BCUT2D eigenvalue weighted by Gasteiger charge is -2.61. The largest absolute Gasteiger partial charge is 0.310 e. The Kier molecular flexibility index (Phi) is 13.7. The van der Waals surface area contributed by atoms with E-state index in [4.69, 9.17) is 0 Å². The summed E-state index contributed by atoms with van der Waals surface area (Å²) in [4.78, 5) is 5.01. The van der Waals surface area contributed by atoms with Crippen LogP contribution in [0.5, 0.6) is 0 Å². The van der Waals surface area contributed by atoms with Gasteiger partial charge in [0.25, 0.3) is 0 Å². The van der Waals surface area contributed by atoms with Crippen LogP contribution in [0, 0.1) is 47.3 Å². The van der Waals surface area contributed by atoms with E-state index in [0.717, 1.165) is 58.3 Å². The van der Waals surface area contributed by atoms with Crippen molar-refractivity contribution in [3.8, 4) is 77.9 Å². The summed E-state index contributed by atoms with van der Waals surface area (Å²) in [7, 11) is 0. The summed E-state index contributed by atoms with van der Waals surface area (Å²) in [5.74, 6) is 6.29. The third-order valence-corrected chi connectivity index (χ3v) is 30.5. The van der Waals surface area contributed by atoms with E-state index in [0.29, 0.717) is 11.8 Å². The predicted molar refractivity (Wildman–Crippen MR) is 455 cm³/mol. The van der Waals surface area contributed by atoms with Crippen LogP contribution in [0.25, 0.3) is 118 Å². The summed E-state index contributed by atoms with van der Waals surface area (Å²) in [5, 5.41) is 5.34. The fourth-order valence-electron chi connectivity index (χ4n) is 24.2. The molecule has 8 fully saturated rings. The Labute approximate surface area is 640 Å². The van der Waals surface area contributed by atoms with Gasteiger partial charge in [-0.3, -0.25) is 0 Å². The number of nitrogens with zero attached hydrogens (tertiary/aromatic N) is 2. The van der Waals surface area contributed by atoms with Crippen molar-refractivity contribution in [1.29, 1.82) is 0 Å². The molecule has 0 amide bonds. The molecule has 0 N–H and O–H groups in total. The standard InChI is InChI=1S/C104H80N2S2/c1-3-11-67(12-4-1)69-19-31-81(32-20-69)105(85-39-43-96-91(61-85)87-15-7-9-17-95(87)103(96)77-49-63-47-64(51-77)52-78(103)50-63)84-37-25-72(26-38-84)76-28-42-90-94-58-74(30-46-101(94)108-102(90)60-76)75-27-41-88-92-62-86(40-44-97(92)104(98(88)59-75)79-53-65-48-66(55-79)56-80(104)54-65)106(82-33-21-70(22-34-82)68-13-5-2-6-14-68)83-35-23-71(24-36-83)73-29-45-100-93(57-73)89-16-8-10-18-99(89)107-100/h1-46,57-66,77-80H,47-56H2. The number of thiophene rings is 2. The zero-order valence-corrected chi connectivity index (χ0v) is 62.1. The Balaban J connectivity index is 0.570. The van der Waals surface area contributed by atoms with Gasteiger partial charge in [-0.15, -0.1) is 22.7 Å². The number of hydrogen-bond donors (Lipinski definition) is 0. The highest BCUT2D eigenvalue weighted by atomic mass is 32.1. The third kappa shape index (κ3) is 9.29. The summed E-state index contributed by atoms with van der Waals surface area (Å²) < 4.78 is 5.34. The van der Waals surface area contributed by atoms with Gasteiger partial charge in [0.2, 0.25) is 0 Å². The molecule has 2 nitrogen and oxygen atoms in total. The second-order valence-corrected chi connectivity index (χ2v) is 35.7. The lowest BCUT2D eigenvalue weighted by Crippen LogP contribution is -2.55. The minimum atomic E-state index is -0.00235. The summed E-state index contributed by atoms with van der Waals surface area (Å²) in [6.45, 7) is 0. The number of rotatable bonds is 11. The van der Waals surface area contributed by atoms with Gasteiger partial charge in [0, 0.05) is 85.3 Å². The quantitative estimate of drug-likeness (QED) is 0.127. The molecule has 8 saturated carbocycles. The zero-order valence-electron chi connectivity index (χ0n) is 60.4. The summed E-state index contributed by atoms with van der Waals surface area (Å²) in [6, 6.07) is 122. The van der Waals surface area contributed by atoms with Gasteiger partial charge >= 0.3 is 0 Å². The molecule has 0 saturated heterocycles. The van der Waals surface area contributed by atoms with Crippen LogP contribution in [0.2, 0.25) is 0 Å². The fraction of sp³-hybridized carbons (Fsp3) is 0.192. The molecule has 0 radical (unpaired) electrons. The first kappa shape index (κ1) is 62.2. The molecular formula is C104H80N2S2. The maximum absolute atomic E-state index is 2.69. The van der Waals surface area contributed by atoms with E-state index in [1.54, 1.807) is 22.3 Å². The molecule has 0 atom stereocenters. The Hall–Kier alpha value is -10.9. The van der Waals surface area contributed by atoms with Crippen molar-refractivity contribution >= 4 is 97.1 Å². The van der Waals surface area contributed by atoms with E-state index in [2.05, 4.69) is 325 Å². The van der Waals surface area contributed by atoms with Gasteiger partial charge in [-0.25, -0.2) is 0 Å². The topological polar surface area (TPSA) is 6.48 Å². The van der Waals surface area contributed by atoms with Gasteiger partial charge in [-0.2, -0.15) is 0 Å². The molecule has 26 rings (SSSR count). The molecule has 10 aliphatic carbocycles. The SMILES string of the molecule is c1ccc(-c2ccc(N(c3ccc(-c4ccc5c(c4)sc4ccc(-c6ccc7c(c6)C6(c8ccc(N(c9ccc(-c%10ccccc%10)cc9)c9ccc(-c%10ccc%11sc%12ccccc%12c%11c%10)cc9)cc8-7)C7CC8CC(C7)CC6C8)cc45)cc3)c3ccc4c(c3)-c3ccccc3C43C4CC5CC(C4)CC3C5)cc2)cc1. The molecule has 14 aromatic carbocycles. The van der Waals surface area contributed by atoms with Gasteiger partial charge < -0.3 is 9.80 Å². The number of fused-ring (bicyclic) bond motifs is 12. The van der Waals surface area contributed by atoms with Crippen LogP contribution in [0.15, 0.2) is 315 Å². The first-order valence-electron chi connectivity index (χ1n) is 39.9. The molecule has 518 valence electrons. The van der Waals surface area contributed by atoms with E-state index >= 15 is 0 Å². The van der Waals surface area contributed by atoms with Crippen molar-refractivity contribution in [2.45, 2.75) is 75.0 Å². The van der Waals surface area contributed by atoms with Crippen molar-refractivity contribution < 1.29 is 0 Å². The average molecular weight is 1420 g/mol. The second kappa shape index (κ2) is 23.8. The van der Waals surface area contributed by atoms with Crippen LogP contribution in [0.1, 0.15) is 86.5 Å². The highest BCUT2D eigenvalue weighted by Gasteiger charge is 2.63. The molecule has 0 unspecified atom stereocenters.